The van der Waals surface area contributed by atoms with E-state index < -0.39 is 6.10 Å². The Morgan fingerprint density at radius 2 is 2.17 bits per heavy atom. The van der Waals surface area contributed by atoms with Crippen LogP contribution in [0.4, 0.5) is 0 Å². The maximum absolute atomic E-state index is 9.49. The van der Waals surface area contributed by atoms with Crippen molar-refractivity contribution >= 4 is 15.9 Å². The molecule has 0 bridgehead atoms. The molecule has 0 amide bonds. The molecule has 1 aromatic heterocycles. The summed E-state index contributed by atoms with van der Waals surface area (Å²) in [5.74, 6) is 0.734. The molecule has 4 heteroatoms. The number of hydrogen-bond acceptors (Lipinski definition) is 3. The average molecular weight is 308 g/mol. The normalized spacial score (nSPS) is 12.2. The number of rotatable bonds is 4. The van der Waals surface area contributed by atoms with E-state index in [9.17, 15) is 5.11 Å². The Bertz CT molecular complexity index is 511. The van der Waals surface area contributed by atoms with Crippen LogP contribution < -0.4 is 4.74 Å². The van der Waals surface area contributed by atoms with Crippen molar-refractivity contribution in [3.05, 3.63) is 58.3 Å². The van der Waals surface area contributed by atoms with Crippen molar-refractivity contribution in [1.82, 2.24) is 4.98 Å². The molecule has 0 fully saturated rings. The van der Waals surface area contributed by atoms with Crippen molar-refractivity contribution < 1.29 is 9.84 Å². The van der Waals surface area contributed by atoms with Gasteiger partial charge in [-0.3, -0.25) is 4.98 Å². The fourth-order valence-electron chi connectivity index (χ4n) is 1.51. The number of benzene rings is 1. The van der Waals surface area contributed by atoms with Gasteiger partial charge >= 0.3 is 0 Å². The smallest absolute Gasteiger partial charge is 0.130 e. The van der Waals surface area contributed by atoms with Gasteiger partial charge in [0.2, 0.25) is 0 Å². The lowest BCUT2D eigenvalue weighted by Gasteiger charge is -2.09. The molecule has 0 aliphatic rings. The molecule has 0 aliphatic heterocycles. The van der Waals surface area contributed by atoms with E-state index >= 15 is 0 Å². The number of hydrogen-bond donors (Lipinski definition) is 1. The maximum Gasteiger partial charge on any atom is 0.130 e. The predicted molar refractivity (Wildman–Crippen MR) is 73.3 cm³/mol. The molecule has 0 spiro atoms. The molecule has 1 aromatic carbocycles. The standard InChI is InChI=1S/C14H14BrNO2/c1-10(17)11-3-2-4-14(7-11)18-9-13-6-5-12(15)8-16-13/h2-8,10,17H,9H2,1H3/t10-/m1/s1. The minimum Gasteiger partial charge on any atom is -0.487 e. The van der Waals surface area contributed by atoms with Gasteiger partial charge in [-0.25, -0.2) is 0 Å². The zero-order valence-electron chi connectivity index (χ0n) is 10.0. The second-order valence-electron chi connectivity index (χ2n) is 4.00. The summed E-state index contributed by atoms with van der Waals surface area (Å²) < 4.78 is 6.58. The van der Waals surface area contributed by atoms with Crippen LogP contribution in [0.1, 0.15) is 24.3 Å². The fourth-order valence-corrected chi connectivity index (χ4v) is 1.75. The zero-order valence-corrected chi connectivity index (χ0v) is 11.6. The summed E-state index contributed by atoms with van der Waals surface area (Å²) >= 11 is 3.34. The first-order chi connectivity index (χ1) is 8.65. The lowest BCUT2D eigenvalue weighted by molar-refractivity contribution is 0.198. The summed E-state index contributed by atoms with van der Waals surface area (Å²) in [5, 5.41) is 9.49. The third-order valence-corrected chi connectivity index (χ3v) is 2.98. The number of aromatic nitrogens is 1. The van der Waals surface area contributed by atoms with E-state index in [-0.39, 0.29) is 0 Å². The number of nitrogens with zero attached hydrogens (tertiary/aromatic N) is 1. The lowest BCUT2D eigenvalue weighted by Crippen LogP contribution is -1.99. The highest BCUT2D eigenvalue weighted by Gasteiger charge is 2.03. The van der Waals surface area contributed by atoms with Crippen LogP contribution in [0.3, 0.4) is 0 Å². The quantitative estimate of drug-likeness (QED) is 0.940. The first kappa shape index (κ1) is 13.1. The summed E-state index contributed by atoms with van der Waals surface area (Å²) in [4.78, 5) is 4.23. The van der Waals surface area contributed by atoms with Crippen molar-refractivity contribution in [3.8, 4) is 5.75 Å². The topological polar surface area (TPSA) is 42.4 Å². The number of aliphatic hydroxyl groups excluding tert-OH is 1. The summed E-state index contributed by atoms with van der Waals surface area (Å²) in [5.41, 5.74) is 1.71. The zero-order chi connectivity index (χ0) is 13.0. The van der Waals surface area contributed by atoms with Crippen LogP contribution in [0, 0.1) is 0 Å². The molecule has 0 saturated heterocycles. The third kappa shape index (κ3) is 3.55. The second-order valence-corrected chi connectivity index (χ2v) is 4.92. The number of ether oxygens (including phenoxy) is 1. The largest absolute Gasteiger partial charge is 0.487 e. The van der Waals surface area contributed by atoms with E-state index in [4.69, 9.17) is 4.74 Å². The highest BCUT2D eigenvalue weighted by molar-refractivity contribution is 9.10. The summed E-state index contributed by atoms with van der Waals surface area (Å²) in [6, 6.07) is 11.3. The van der Waals surface area contributed by atoms with Crippen LogP contribution in [0.5, 0.6) is 5.75 Å². The van der Waals surface area contributed by atoms with Crippen LogP contribution in [-0.2, 0) is 6.61 Å². The van der Waals surface area contributed by atoms with Gasteiger partial charge in [0.15, 0.2) is 0 Å². The molecule has 0 radical (unpaired) electrons. The number of pyridine rings is 1. The van der Waals surface area contributed by atoms with E-state index in [1.54, 1.807) is 13.1 Å². The van der Waals surface area contributed by atoms with E-state index in [1.165, 1.54) is 0 Å². The molecule has 1 heterocycles. The van der Waals surface area contributed by atoms with E-state index in [0.29, 0.717) is 6.61 Å². The van der Waals surface area contributed by atoms with Crippen molar-refractivity contribution in [2.75, 3.05) is 0 Å². The molecular formula is C14H14BrNO2. The molecule has 18 heavy (non-hydrogen) atoms. The molecule has 0 saturated carbocycles. The van der Waals surface area contributed by atoms with Gasteiger partial charge < -0.3 is 9.84 Å². The summed E-state index contributed by atoms with van der Waals surface area (Å²) in [6.45, 7) is 2.14. The van der Waals surface area contributed by atoms with Crippen LogP contribution in [0.2, 0.25) is 0 Å². The monoisotopic (exact) mass is 307 g/mol. The first-order valence-corrected chi connectivity index (χ1v) is 6.46. The van der Waals surface area contributed by atoms with Crippen LogP contribution >= 0.6 is 15.9 Å². The molecular weight excluding hydrogens is 294 g/mol. The number of aliphatic hydroxyl groups is 1. The molecule has 0 unspecified atom stereocenters. The Morgan fingerprint density at radius 3 is 2.83 bits per heavy atom. The molecule has 0 aliphatic carbocycles. The van der Waals surface area contributed by atoms with Crippen molar-refractivity contribution in [1.29, 1.82) is 0 Å². The maximum atomic E-state index is 9.49. The van der Waals surface area contributed by atoms with Gasteiger partial charge in [-0.05, 0) is 52.7 Å². The highest BCUT2D eigenvalue weighted by Crippen LogP contribution is 2.19. The van der Waals surface area contributed by atoms with Crippen LogP contribution in [0.25, 0.3) is 0 Å². The third-order valence-electron chi connectivity index (χ3n) is 2.52. The van der Waals surface area contributed by atoms with Gasteiger partial charge in [0.1, 0.15) is 12.4 Å². The number of halogens is 1. The van der Waals surface area contributed by atoms with Gasteiger partial charge in [0.25, 0.3) is 0 Å². The van der Waals surface area contributed by atoms with E-state index in [0.717, 1.165) is 21.5 Å². The molecule has 1 N–H and O–H groups in total. The Morgan fingerprint density at radius 1 is 1.33 bits per heavy atom. The van der Waals surface area contributed by atoms with Crippen LogP contribution in [0.15, 0.2) is 47.1 Å². The molecule has 1 atom stereocenters. The fraction of sp³-hybridized carbons (Fsp3) is 0.214. The summed E-state index contributed by atoms with van der Waals surface area (Å²) in [6.07, 6.45) is 1.25. The molecule has 3 nitrogen and oxygen atoms in total. The van der Waals surface area contributed by atoms with Crippen molar-refractivity contribution in [2.45, 2.75) is 19.6 Å². The molecule has 2 rings (SSSR count). The Balaban J connectivity index is 2.01. The first-order valence-electron chi connectivity index (χ1n) is 5.66. The van der Waals surface area contributed by atoms with Gasteiger partial charge in [-0.2, -0.15) is 0 Å². The van der Waals surface area contributed by atoms with E-state index in [2.05, 4.69) is 20.9 Å². The minimum absolute atomic E-state index is 0.413. The second kappa shape index (κ2) is 5.98. The Kier molecular flexibility index (Phi) is 4.33. The Hall–Kier alpha value is -1.39. The molecule has 94 valence electrons. The Labute approximate surface area is 115 Å². The van der Waals surface area contributed by atoms with Gasteiger partial charge in [0, 0.05) is 10.7 Å². The van der Waals surface area contributed by atoms with Gasteiger partial charge in [-0.1, -0.05) is 12.1 Å². The average Bonchev–Trinajstić information content (AvgIpc) is 2.38. The highest BCUT2D eigenvalue weighted by atomic mass is 79.9. The SMILES string of the molecule is C[C@@H](O)c1cccc(OCc2ccc(Br)cn2)c1. The predicted octanol–water partition coefficient (Wildman–Crippen LogP) is 3.48. The van der Waals surface area contributed by atoms with Gasteiger partial charge in [-0.15, -0.1) is 0 Å². The minimum atomic E-state index is -0.487. The lowest BCUT2D eigenvalue weighted by atomic mass is 10.1. The molecule has 2 aromatic rings. The van der Waals surface area contributed by atoms with Crippen LogP contribution in [-0.4, -0.2) is 10.1 Å². The van der Waals surface area contributed by atoms with Gasteiger partial charge in [0.05, 0.1) is 11.8 Å². The van der Waals surface area contributed by atoms with Crippen molar-refractivity contribution in [2.24, 2.45) is 0 Å². The van der Waals surface area contributed by atoms with E-state index in [1.807, 2.05) is 36.4 Å². The van der Waals surface area contributed by atoms with Crippen molar-refractivity contribution in [3.63, 3.8) is 0 Å². The summed E-state index contributed by atoms with van der Waals surface area (Å²) in [7, 11) is 0.